The maximum absolute atomic E-state index is 6.02. The van der Waals surface area contributed by atoms with Crippen LogP contribution in [-0.4, -0.2) is 9.38 Å². The van der Waals surface area contributed by atoms with E-state index in [1.165, 1.54) is 80.8 Å². The highest BCUT2D eigenvalue weighted by Gasteiger charge is 2.36. The summed E-state index contributed by atoms with van der Waals surface area (Å²) in [5, 5.41) is 7.28. The number of benzene rings is 7. The van der Waals surface area contributed by atoms with E-state index in [1.54, 1.807) is 6.39 Å². The van der Waals surface area contributed by atoms with Gasteiger partial charge < -0.3 is 13.7 Å². The van der Waals surface area contributed by atoms with E-state index in [9.17, 15) is 0 Å². The number of aromatic nitrogens is 2. The van der Waals surface area contributed by atoms with Crippen molar-refractivity contribution in [3.8, 4) is 11.1 Å². The van der Waals surface area contributed by atoms with Crippen molar-refractivity contribution in [2.45, 2.75) is 19.3 Å². The van der Waals surface area contributed by atoms with Crippen molar-refractivity contribution >= 4 is 97.8 Å². The van der Waals surface area contributed by atoms with Gasteiger partial charge >= 0.3 is 0 Å². The van der Waals surface area contributed by atoms with Crippen molar-refractivity contribution < 1.29 is 4.42 Å². The number of rotatable bonds is 3. The summed E-state index contributed by atoms with van der Waals surface area (Å²) in [5.74, 6) is 0. The molecule has 0 spiro atoms. The summed E-state index contributed by atoms with van der Waals surface area (Å²) in [5.41, 5.74) is 14.0. The molecule has 0 bridgehead atoms. The first-order valence-corrected chi connectivity index (χ1v) is 18.3. The van der Waals surface area contributed by atoms with Gasteiger partial charge in [-0.3, -0.25) is 0 Å². The van der Waals surface area contributed by atoms with Gasteiger partial charge in [-0.2, -0.15) is 0 Å². The van der Waals surface area contributed by atoms with Crippen molar-refractivity contribution in [3.05, 3.63) is 151 Å². The molecule has 51 heavy (non-hydrogen) atoms. The maximum Gasteiger partial charge on any atom is 0.182 e. The van der Waals surface area contributed by atoms with Gasteiger partial charge in [0.25, 0.3) is 0 Å². The molecule has 240 valence electrons. The Hall–Kier alpha value is -6.17. The molecular formula is C46H29N3OS. The van der Waals surface area contributed by atoms with Crippen LogP contribution < -0.4 is 4.90 Å². The van der Waals surface area contributed by atoms with Crippen LogP contribution in [0.5, 0.6) is 0 Å². The lowest BCUT2D eigenvalue weighted by molar-refractivity contribution is 0.605. The molecule has 4 nitrogen and oxygen atoms in total. The highest BCUT2D eigenvalue weighted by atomic mass is 32.1. The summed E-state index contributed by atoms with van der Waals surface area (Å²) in [6.07, 6.45) is 1.57. The Balaban J connectivity index is 1.17. The molecule has 0 atom stereocenters. The van der Waals surface area contributed by atoms with Gasteiger partial charge in [0.2, 0.25) is 0 Å². The zero-order chi connectivity index (χ0) is 33.6. The minimum atomic E-state index is -0.113. The third-order valence-corrected chi connectivity index (χ3v) is 12.7. The lowest BCUT2D eigenvalue weighted by Gasteiger charge is -2.28. The van der Waals surface area contributed by atoms with Crippen LogP contribution in [0.1, 0.15) is 25.0 Å². The fourth-order valence-electron chi connectivity index (χ4n) is 9.17. The van der Waals surface area contributed by atoms with Crippen molar-refractivity contribution in [1.82, 2.24) is 9.38 Å². The van der Waals surface area contributed by atoms with E-state index in [1.807, 2.05) is 11.3 Å². The first-order valence-electron chi connectivity index (χ1n) is 17.5. The molecule has 0 saturated heterocycles. The van der Waals surface area contributed by atoms with Crippen molar-refractivity contribution in [3.63, 3.8) is 0 Å². The van der Waals surface area contributed by atoms with Crippen molar-refractivity contribution in [2.24, 2.45) is 0 Å². The molecule has 0 unspecified atom stereocenters. The molecule has 7 aromatic carbocycles. The summed E-state index contributed by atoms with van der Waals surface area (Å²) < 4.78 is 11.0. The number of oxazole rings is 1. The van der Waals surface area contributed by atoms with Crippen LogP contribution in [-0.2, 0) is 5.41 Å². The third-order valence-electron chi connectivity index (χ3n) is 11.5. The third kappa shape index (κ3) is 3.46. The molecule has 1 aliphatic rings. The molecule has 12 rings (SSSR count). The van der Waals surface area contributed by atoms with Gasteiger partial charge in [-0.25, -0.2) is 4.98 Å². The number of nitrogens with zero attached hydrogens (tertiary/aromatic N) is 3. The molecule has 0 aliphatic heterocycles. The minimum absolute atomic E-state index is 0.113. The number of hydrogen-bond donors (Lipinski definition) is 0. The number of anilines is 3. The van der Waals surface area contributed by atoms with Gasteiger partial charge in [0.1, 0.15) is 5.52 Å². The molecule has 4 heterocycles. The maximum atomic E-state index is 6.02. The summed E-state index contributed by atoms with van der Waals surface area (Å²) in [4.78, 5) is 7.13. The molecule has 0 radical (unpaired) electrons. The van der Waals surface area contributed by atoms with E-state index in [0.717, 1.165) is 27.9 Å². The summed E-state index contributed by atoms with van der Waals surface area (Å²) in [6.45, 7) is 4.72. The molecule has 4 aromatic heterocycles. The van der Waals surface area contributed by atoms with Crippen LogP contribution in [0, 0.1) is 0 Å². The zero-order valence-corrected chi connectivity index (χ0v) is 28.8. The van der Waals surface area contributed by atoms with E-state index in [4.69, 9.17) is 4.42 Å². The summed E-state index contributed by atoms with van der Waals surface area (Å²) in [6, 6.07) is 49.3. The number of thiophene rings is 1. The first-order chi connectivity index (χ1) is 25.1. The van der Waals surface area contributed by atoms with E-state index in [-0.39, 0.29) is 5.41 Å². The van der Waals surface area contributed by atoms with Crippen LogP contribution in [0.15, 0.2) is 144 Å². The fraction of sp³-hybridized carbons (Fsp3) is 0.0652. The Bertz CT molecular complexity index is 3250. The largest absolute Gasteiger partial charge is 0.443 e. The molecule has 0 fully saturated rings. The highest BCUT2D eigenvalue weighted by Crippen LogP contribution is 2.52. The van der Waals surface area contributed by atoms with Crippen LogP contribution >= 0.6 is 11.3 Å². The number of fused-ring (bicyclic) bond motifs is 14. The Labute approximate surface area is 296 Å². The predicted octanol–water partition coefficient (Wildman–Crippen LogP) is 13.1. The van der Waals surface area contributed by atoms with Crippen molar-refractivity contribution in [1.29, 1.82) is 0 Å². The second-order valence-corrected chi connectivity index (χ2v) is 15.4. The van der Waals surface area contributed by atoms with Gasteiger partial charge in [0, 0.05) is 48.4 Å². The molecule has 0 saturated carbocycles. The Morgan fingerprint density at radius 1 is 0.627 bits per heavy atom. The molecule has 0 N–H and O–H groups in total. The lowest BCUT2D eigenvalue weighted by atomic mass is 9.82. The van der Waals surface area contributed by atoms with E-state index in [0.29, 0.717) is 0 Å². The van der Waals surface area contributed by atoms with Gasteiger partial charge in [-0.05, 0) is 76.9 Å². The highest BCUT2D eigenvalue weighted by molar-refractivity contribution is 7.26. The van der Waals surface area contributed by atoms with E-state index in [2.05, 4.69) is 162 Å². The van der Waals surface area contributed by atoms with Crippen LogP contribution in [0.3, 0.4) is 0 Å². The second kappa shape index (κ2) is 9.53. The summed E-state index contributed by atoms with van der Waals surface area (Å²) in [7, 11) is 0. The van der Waals surface area contributed by atoms with E-state index < -0.39 is 0 Å². The predicted molar refractivity (Wildman–Crippen MR) is 214 cm³/mol. The fourth-order valence-corrected chi connectivity index (χ4v) is 10.4. The Morgan fingerprint density at radius 2 is 1.37 bits per heavy atom. The molecular weight excluding hydrogens is 643 g/mol. The normalized spacial score (nSPS) is 13.8. The summed E-state index contributed by atoms with van der Waals surface area (Å²) >= 11 is 1.87. The van der Waals surface area contributed by atoms with Crippen molar-refractivity contribution in [2.75, 3.05) is 4.90 Å². The average molecular weight is 672 g/mol. The van der Waals surface area contributed by atoms with Crippen LogP contribution in [0.4, 0.5) is 17.1 Å². The lowest BCUT2D eigenvalue weighted by Crippen LogP contribution is -2.16. The first kappa shape index (κ1) is 27.6. The molecule has 11 aromatic rings. The Morgan fingerprint density at radius 3 is 2.31 bits per heavy atom. The topological polar surface area (TPSA) is 33.7 Å². The molecule has 0 amide bonds. The van der Waals surface area contributed by atoms with Crippen LogP contribution in [0.25, 0.3) is 80.5 Å². The minimum Gasteiger partial charge on any atom is -0.443 e. The molecule has 5 heteroatoms. The monoisotopic (exact) mass is 671 g/mol. The van der Waals surface area contributed by atoms with Gasteiger partial charge in [-0.15, -0.1) is 11.3 Å². The number of para-hydroxylation sites is 1. The van der Waals surface area contributed by atoms with Gasteiger partial charge in [0.05, 0.1) is 32.3 Å². The zero-order valence-electron chi connectivity index (χ0n) is 27.9. The quantitative estimate of drug-likeness (QED) is 0.187. The standard InChI is InChI=1S/C46H29N3OS/c1-46(2)35-14-6-3-10-28(35)29-20-18-27(23-36(29)46)48(40-16-9-13-31-30-11-5-8-17-41(30)51-45(31)40)26-19-21-39-33(22-26)34-24-37-44(50-25-47-37)42-32-12-4-7-15-38(32)49(39)43(34)42/h3-25H,1-2H3. The smallest absolute Gasteiger partial charge is 0.182 e. The van der Waals surface area contributed by atoms with Gasteiger partial charge in [-0.1, -0.05) is 92.7 Å². The van der Waals surface area contributed by atoms with E-state index >= 15 is 0 Å². The SMILES string of the molecule is CC1(C)c2ccccc2-c2ccc(N(c3ccc4c(c3)c3cc5ncoc5c5c6ccccc6n4c35)c3cccc4c3sc3ccccc34)cc21. The van der Waals surface area contributed by atoms with Crippen LogP contribution in [0.2, 0.25) is 0 Å². The average Bonchev–Trinajstić information content (AvgIpc) is 3.97. The molecule has 1 aliphatic carbocycles. The Kier molecular flexibility index (Phi) is 5.17. The number of hydrogen-bond acceptors (Lipinski definition) is 4. The second-order valence-electron chi connectivity index (χ2n) is 14.4. The van der Waals surface area contributed by atoms with Gasteiger partial charge in [0.15, 0.2) is 12.0 Å².